The Balaban J connectivity index is 1.38. The summed E-state index contributed by atoms with van der Waals surface area (Å²) in [5, 5.41) is 12.1. The molecule has 3 heterocycles. The van der Waals surface area contributed by atoms with Gasteiger partial charge < -0.3 is 9.88 Å². The van der Waals surface area contributed by atoms with Crippen LogP contribution in [0.15, 0.2) is 30.3 Å². The lowest BCUT2D eigenvalue weighted by Gasteiger charge is -2.35. The van der Waals surface area contributed by atoms with Crippen LogP contribution in [-0.2, 0) is 24.3 Å². The van der Waals surface area contributed by atoms with Gasteiger partial charge in [-0.1, -0.05) is 36.8 Å². The molecule has 1 fully saturated rings. The quantitative estimate of drug-likeness (QED) is 0.865. The summed E-state index contributed by atoms with van der Waals surface area (Å²) >= 11 is 0. The smallest absolute Gasteiger partial charge is 0.237 e. The SMILES string of the molecule is CC(C(=O)NCc1ccccc1)N1CCCC(c2nnc3n2CCCCC3)C1. The average Bonchev–Trinajstić information content (AvgIpc) is 3.00. The number of carbonyl (C=O) groups is 1. The van der Waals surface area contributed by atoms with Gasteiger partial charge in [-0.25, -0.2) is 0 Å². The van der Waals surface area contributed by atoms with Gasteiger partial charge in [0.05, 0.1) is 6.04 Å². The van der Waals surface area contributed by atoms with E-state index in [4.69, 9.17) is 0 Å². The third kappa shape index (κ3) is 4.27. The van der Waals surface area contributed by atoms with Gasteiger partial charge in [0, 0.05) is 32.0 Å². The molecule has 1 aromatic heterocycles. The van der Waals surface area contributed by atoms with Crippen molar-refractivity contribution in [1.29, 1.82) is 0 Å². The highest BCUT2D eigenvalue weighted by atomic mass is 16.2. The zero-order valence-corrected chi connectivity index (χ0v) is 16.8. The van der Waals surface area contributed by atoms with Crippen molar-refractivity contribution in [2.75, 3.05) is 13.1 Å². The molecule has 1 saturated heterocycles. The number of hydrogen-bond acceptors (Lipinski definition) is 4. The second kappa shape index (κ2) is 8.86. The van der Waals surface area contributed by atoms with E-state index in [9.17, 15) is 4.79 Å². The fraction of sp³-hybridized carbons (Fsp3) is 0.591. The largest absolute Gasteiger partial charge is 0.351 e. The van der Waals surface area contributed by atoms with Crippen LogP contribution >= 0.6 is 0 Å². The second-order valence-corrected chi connectivity index (χ2v) is 8.15. The summed E-state index contributed by atoms with van der Waals surface area (Å²) in [6.07, 6.45) is 6.98. The zero-order chi connectivity index (χ0) is 19.3. The molecular weight excluding hydrogens is 350 g/mol. The molecule has 0 bridgehead atoms. The molecule has 2 aliphatic rings. The Kier molecular flexibility index (Phi) is 6.05. The van der Waals surface area contributed by atoms with Crippen LogP contribution < -0.4 is 5.32 Å². The Morgan fingerprint density at radius 3 is 2.86 bits per heavy atom. The van der Waals surface area contributed by atoms with E-state index in [2.05, 4.69) is 25.0 Å². The number of nitrogens with one attached hydrogen (secondary N) is 1. The Hall–Kier alpha value is -2.21. The van der Waals surface area contributed by atoms with Crippen molar-refractivity contribution in [3.8, 4) is 0 Å². The lowest BCUT2D eigenvalue weighted by molar-refractivity contribution is -0.126. The first-order valence-corrected chi connectivity index (χ1v) is 10.7. The third-order valence-corrected chi connectivity index (χ3v) is 6.19. The molecule has 6 nitrogen and oxygen atoms in total. The van der Waals surface area contributed by atoms with Crippen LogP contribution in [0.1, 0.15) is 62.2 Å². The first kappa shape index (κ1) is 19.1. The zero-order valence-electron chi connectivity index (χ0n) is 16.8. The molecule has 2 aromatic rings. The van der Waals surface area contributed by atoms with Crippen LogP contribution in [0.3, 0.4) is 0 Å². The van der Waals surface area contributed by atoms with E-state index in [1.807, 2.05) is 37.3 Å². The average molecular weight is 382 g/mol. The Morgan fingerprint density at radius 1 is 1.14 bits per heavy atom. The first-order valence-electron chi connectivity index (χ1n) is 10.7. The number of amides is 1. The van der Waals surface area contributed by atoms with E-state index in [0.717, 1.165) is 56.1 Å². The molecule has 2 aliphatic heterocycles. The highest BCUT2D eigenvalue weighted by Crippen LogP contribution is 2.28. The van der Waals surface area contributed by atoms with Crippen LogP contribution in [0, 0.1) is 0 Å². The van der Waals surface area contributed by atoms with Gasteiger partial charge in [-0.3, -0.25) is 9.69 Å². The minimum Gasteiger partial charge on any atom is -0.351 e. The minimum absolute atomic E-state index is 0.101. The normalized spacial score (nSPS) is 21.5. The van der Waals surface area contributed by atoms with Crippen LogP contribution in [0.2, 0.25) is 0 Å². The third-order valence-electron chi connectivity index (χ3n) is 6.19. The number of aryl methyl sites for hydroxylation is 1. The molecule has 28 heavy (non-hydrogen) atoms. The number of hydrogen-bond donors (Lipinski definition) is 1. The van der Waals surface area contributed by atoms with Crippen molar-refractivity contribution in [1.82, 2.24) is 25.0 Å². The summed E-state index contributed by atoms with van der Waals surface area (Å²) in [5.74, 6) is 2.76. The summed E-state index contributed by atoms with van der Waals surface area (Å²) in [6, 6.07) is 9.95. The van der Waals surface area contributed by atoms with Crippen LogP contribution in [0.4, 0.5) is 0 Å². The van der Waals surface area contributed by atoms with Gasteiger partial charge in [0.2, 0.25) is 5.91 Å². The Labute approximate surface area is 167 Å². The van der Waals surface area contributed by atoms with Gasteiger partial charge in [-0.05, 0) is 44.7 Å². The van der Waals surface area contributed by atoms with Crippen molar-refractivity contribution in [3.63, 3.8) is 0 Å². The second-order valence-electron chi connectivity index (χ2n) is 8.15. The van der Waals surface area contributed by atoms with Crippen LogP contribution in [0.5, 0.6) is 0 Å². The molecular formula is C22H31N5O. The van der Waals surface area contributed by atoms with E-state index in [0.29, 0.717) is 12.5 Å². The first-order chi connectivity index (χ1) is 13.7. The summed E-state index contributed by atoms with van der Waals surface area (Å²) in [7, 11) is 0. The molecule has 1 N–H and O–H groups in total. The molecule has 150 valence electrons. The fourth-order valence-corrected chi connectivity index (χ4v) is 4.48. The Bertz CT molecular complexity index is 787. The molecule has 0 spiro atoms. The van der Waals surface area contributed by atoms with Gasteiger partial charge in [-0.2, -0.15) is 0 Å². The van der Waals surface area contributed by atoms with Crippen LogP contribution in [0.25, 0.3) is 0 Å². The van der Waals surface area contributed by atoms with E-state index >= 15 is 0 Å². The monoisotopic (exact) mass is 381 g/mol. The molecule has 0 aliphatic carbocycles. The molecule has 2 unspecified atom stereocenters. The molecule has 0 radical (unpaired) electrons. The van der Waals surface area contributed by atoms with Gasteiger partial charge >= 0.3 is 0 Å². The maximum Gasteiger partial charge on any atom is 0.237 e. The van der Waals surface area contributed by atoms with E-state index in [1.165, 1.54) is 19.3 Å². The summed E-state index contributed by atoms with van der Waals surface area (Å²) in [5.41, 5.74) is 1.13. The van der Waals surface area contributed by atoms with Crippen molar-refractivity contribution in [3.05, 3.63) is 47.5 Å². The topological polar surface area (TPSA) is 63.1 Å². The van der Waals surface area contributed by atoms with Crippen molar-refractivity contribution < 1.29 is 4.79 Å². The van der Waals surface area contributed by atoms with Gasteiger partial charge in [0.1, 0.15) is 11.6 Å². The standard InChI is InChI=1S/C22H31N5O/c1-17(22(28)23-15-18-9-4-2-5-10-18)26-13-8-11-19(16-26)21-25-24-20-12-6-3-7-14-27(20)21/h2,4-5,9-10,17,19H,3,6-8,11-16H2,1H3,(H,23,28). The molecule has 2 atom stereocenters. The predicted molar refractivity (Wildman–Crippen MR) is 109 cm³/mol. The molecule has 1 aromatic carbocycles. The van der Waals surface area contributed by atoms with Gasteiger partial charge in [0.15, 0.2) is 0 Å². The number of fused-ring (bicyclic) bond motifs is 1. The lowest BCUT2D eigenvalue weighted by atomic mass is 9.95. The fourth-order valence-electron chi connectivity index (χ4n) is 4.48. The number of carbonyl (C=O) groups excluding carboxylic acids is 1. The van der Waals surface area contributed by atoms with E-state index in [-0.39, 0.29) is 11.9 Å². The van der Waals surface area contributed by atoms with E-state index in [1.54, 1.807) is 0 Å². The van der Waals surface area contributed by atoms with Gasteiger partial charge in [0.25, 0.3) is 0 Å². The summed E-state index contributed by atoms with van der Waals surface area (Å²) in [6.45, 7) is 5.50. The maximum absolute atomic E-state index is 12.7. The maximum atomic E-state index is 12.7. The van der Waals surface area contributed by atoms with Gasteiger partial charge in [-0.15, -0.1) is 10.2 Å². The Morgan fingerprint density at radius 2 is 2.00 bits per heavy atom. The van der Waals surface area contributed by atoms with Crippen molar-refractivity contribution in [2.45, 2.75) is 70.5 Å². The number of likely N-dealkylation sites (tertiary alicyclic amines) is 1. The number of benzene rings is 1. The molecule has 4 rings (SSSR count). The predicted octanol–water partition coefficient (Wildman–Crippen LogP) is 2.89. The van der Waals surface area contributed by atoms with Crippen LogP contribution in [-0.4, -0.2) is 44.7 Å². The molecule has 6 heteroatoms. The number of rotatable bonds is 5. The van der Waals surface area contributed by atoms with Crippen molar-refractivity contribution >= 4 is 5.91 Å². The highest BCUT2D eigenvalue weighted by molar-refractivity contribution is 5.81. The summed E-state index contributed by atoms with van der Waals surface area (Å²) < 4.78 is 2.36. The number of nitrogens with zero attached hydrogens (tertiary/aromatic N) is 4. The minimum atomic E-state index is -0.127. The lowest BCUT2D eigenvalue weighted by Crippen LogP contribution is -2.48. The number of piperidine rings is 1. The van der Waals surface area contributed by atoms with E-state index < -0.39 is 0 Å². The highest BCUT2D eigenvalue weighted by Gasteiger charge is 2.31. The van der Waals surface area contributed by atoms with Crippen molar-refractivity contribution in [2.24, 2.45) is 0 Å². The molecule has 0 saturated carbocycles. The number of aromatic nitrogens is 3. The summed E-state index contributed by atoms with van der Waals surface area (Å²) in [4.78, 5) is 15.0. The molecule has 1 amide bonds.